The molecule has 6 nitrogen and oxygen atoms in total. The van der Waals surface area contributed by atoms with Gasteiger partial charge in [-0.3, -0.25) is 9.69 Å². The number of carboxylic acid groups (broad SMARTS) is 1. The van der Waals surface area contributed by atoms with E-state index in [1.165, 1.54) is 84.0 Å². The van der Waals surface area contributed by atoms with Crippen molar-refractivity contribution in [3.63, 3.8) is 0 Å². The van der Waals surface area contributed by atoms with E-state index >= 15 is 0 Å². The molecule has 39 heavy (non-hydrogen) atoms. The third kappa shape index (κ3) is 9.91. The lowest BCUT2D eigenvalue weighted by molar-refractivity contribution is -0.122. The van der Waals surface area contributed by atoms with E-state index in [1.54, 1.807) is 5.56 Å². The van der Waals surface area contributed by atoms with Crippen molar-refractivity contribution in [1.82, 2.24) is 14.8 Å². The van der Waals surface area contributed by atoms with Crippen molar-refractivity contribution < 1.29 is 9.90 Å². The number of hydrogen-bond donors (Lipinski definition) is 1. The lowest BCUT2D eigenvalue weighted by Crippen LogP contribution is -2.44. The van der Waals surface area contributed by atoms with Gasteiger partial charge in [-0.15, -0.1) is 0 Å². The van der Waals surface area contributed by atoms with Crippen LogP contribution in [0.5, 0.6) is 0 Å². The van der Waals surface area contributed by atoms with Gasteiger partial charge in [0, 0.05) is 31.4 Å². The van der Waals surface area contributed by atoms with E-state index in [2.05, 4.69) is 83.0 Å². The number of anilines is 1. The largest absolute Gasteiger partial charge is 0.483 e. The zero-order valence-electron chi connectivity index (χ0n) is 24.6. The lowest BCUT2D eigenvalue weighted by Gasteiger charge is -2.38. The number of carbonyl (C=O) groups is 1. The van der Waals surface area contributed by atoms with Crippen LogP contribution in [0.15, 0.2) is 54.7 Å². The molecular formula is C33H52N4O2. The molecule has 0 spiro atoms. The van der Waals surface area contributed by atoms with Gasteiger partial charge in [0.1, 0.15) is 5.82 Å². The van der Waals surface area contributed by atoms with E-state index in [9.17, 15) is 0 Å². The Morgan fingerprint density at radius 1 is 0.974 bits per heavy atom. The van der Waals surface area contributed by atoms with Crippen LogP contribution in [0.3, 0.4) is 0 Å². The van der Waals surface area contributed by atoms with Crippen LogP contribution in [-0.2, 0) is 4.79 Å². The number of rotatable bonds is 7. The molecule has 2 saturated heterocycles. The number of nitrogens with zero attached hydrogens (tertiary/aromatic N) is 4. The summed E-state index contributed by atoms with van der Waals surface area (Å²) in [5.41, 5.74) is 1.54. The Hall–Kier alpha value is -2.44. The molecule has 3 fully saturated rings. The van der Waals surface area contributed by atoms with Crippen LogP contribution in [-0.4, -0.2) is 78.2 Å². The van der Waals surface area contributed by atoms with E-state index in [1.807, 2.05) is 12.3 Å². The van der Waals surface area contributed by atoms with E-state index in [-0.39, 0.29) is 6.47 Å². The number of likely N-dealkylation sites (tertiary alicyclic amines) is 2. The molecule has 1 aliphatic carbocycles. The molecule has 2 atom stereocenters. The zero-order valence-corrected chi connectivity index (χ0v) is 24.6. The molecule has 2 aliphatic heterocycles. The van der Waals surface area contributed by atoms with Gasteiger partial charge in [0.05, 0.1) is 0 Å². The maximum absolute atomic E-state index is 8.36. The average Bonchev–Trinajstić information content (AvgIpc) is 3.49. The topological polar surface area (TPSA) is 59.9 Å². The van der Waals surface area contributed by atoms with Crippen LogP contribution in [0.4, 0.5) is 5.82 Å². The summed E-state index contributed by atoms with van der Waals surface area (Å²) in [6.07, 6.45) is 14.3. The molecule has 1 aromatic carbocycles. The molecule has 0 amide bonds. The normalized spacial score (nSPS) is 21.7. The fourth-order valence-corrected chi connectivity index (χ4v) is 6.62. The lowest BCUT2D eigenvalue weighted by atomic mass is 9.84. The molecule has 5 rings (SSSR count). The first-order chi connectivity index (χ1) is 19.1. The summed E-state index contributed by atoms with van der Waals surface area (Å²) in [6, 6.07) is 18.8. The number of benzene rings is 1. The van der Waals surface area contributed by atoms with Gasteiger partial charge in [-0.1, -0.05) is 62.6 Å². The van der Waals surface area contributed by atoms with Crippen LogP contribution in [0.2, 0.25) is 0 Å². The Balaban J connectivity index is 0.000000197. The standard InChI is InChI=1S/C18H27N.C14H23N3.CH2O2/c1-15(16-8-4-2-5-9-16)19-13-12-18(14-19)17-10-6-3-7-11-17;1-3-10-17(14-6-4-5-9-15-14)13-7-11-16(2)12-8-13;2-1-3/h3,6-7,10-11,15-16,18H,2,4-5,8-9,12-14H2,1H3;4-6,9,13H,3,7-8,10-12H2,1-2H3;1H,(H,2,3)/t15-,18+;;/m0../s1. The smallest absolute Gasteiger partial charge is 0.290 e. The number of hydrogen-bond acceptors (Lipinski definition) is 5. The fraction of sp³-hybridized carbons (Fsp3) is 0.636. The molecular weight excluding hydrogens is 484 g/mol. The Bertz CT molecular complexity index is 898. The molecule has 6 heteroatoms. The molecule has 1 aromatic heterocycles. The predicted molar refractivity (Wildman–Crippen MR) is 162 cm³/mol. The quantitative estimate of drug-likeness (QED) is 0.406. The van der Waals surface area contributed by atoms with E-state index in [0.717, 1.165) is 30.2 Å². The summed E-state index contributed by atoms with van der Waals surface area (Å²) < 4.78 is 0. The second-order valence-corrected chi connectivity index (χ2v) is 11.6. The van der Waals surface area contributed by atoms with Crippen molar-refractivity contribution in [3.05, 3.63) is 60.3 Å². The van der Waals surface area contributed by atoms with E-state index < -0.39 is 0 Å². The predicted octanol–water partition coefficient (Wildman–Crippen LogP) is 6.54. The van der Waals surface area contributed by atoms with Gasteiger partial charge in [0.25, 0.3) is 6.47 Å². The highest BCUT2D eigenvalue weighted by Crippen LogP contribution is 2.34. The van der Waals surface area contributed by atoms with Gasteiger partial charge in [0.2, 0.25) is 0 Å². The van der Waals surface area contributed by atoms with Crippen molar-refractivity contribution in [2.45, 2.75) is 89.6 Å². The van der Waals surface area contributed by atoms with Crippen molar-refractivity contribution in [3.8, 4) is 0 Å². The summed E-state index contributed by atoms with van der Waals surface area (Å²) >= 11 is 0. The molecule has 216 valence electrons. The van der Waals surface area contributed by atoms with Gasteiger partial charge in [-0.2, -0.15) is 0 Å². The maximum Gasteiger partial charge on any atom is 0.290 e. The summed E-state index contributed by atoms with van der Waals surface area (Å²) in [5.74, 6) is 2.87. The first-order valence-electron chi connectivity index (χ1n) is 15.3. The minimum atomic E-state index is -0.250. The summed E-state index contributed by atoms with van der Waals surface area (Å²) in [6.45, 7) is 10.6. The second kappa shape index (κ2) is 17.3. The summed E-state index contributed by atoms with van der Waals surface area (Å²) in [5, 5.41) is 6.89. The van der Waals surface area contributed by atoms with E-state index in [4.69, 9.17) is 9.90 Å². The Labute approximate surface area is 237 Å². The second-order valence-electron chi connectivity index (χ2n) is 11.6. The molecule has 1 saturated carbocycles. The fourth-order valence-electron chi connectivity index (χ4n) is 6.62. The molecule has 0 unspecified atom stereocenters. The SMILES string of the molecule is CCCN(c1ccccn1)C1CCN(C)CC1.C[C@@H](C1CCCCC1)N1CC[C@@H](c2ccccc2)C1.O=CO. The summed E-state index contributed by atoms with van der Waals surface area (Å²) in [7, 11) is 2.21. The number of pyridine rings is 1. The third-order valence-electron chi connectivity index (χ3n) is 8.94. The van der Waals surface area contributed by atoms with Crippen LogP contribution in [0, 0.1) is 5.92 Å². The molecule has 2 aromatic rings. The van der Waals surface area contributed by atoms with Gasteiger partial charge in [0.15, 0.2) is 0 Å². The Kier molecular flexibility index (Phi) is 13.8. The van der Waals surface area contributed by atoms with E-state index in [0.29, 0.717) is 6.04 Å². The molecule has 1 N–H and O–H groups in total. The minimum absolute atomic E-state index is 0.250. The highest BCUT2D eigenvalue weighted by Gasteiger charge is 2.31. The summed E-state index contributed by atoms with van der Waals surface area (Å²) in [4.78, 5) is 20.5. The maximum atomic E-state index is 8.36. The Morgan fingerprint density at radius 2 is 1.64 bits per heavy atom. The molecule has 3 aliphatic rings. The van der Waals surface area contributed by atoms with Crippen molar-refractivity contribution >= 4 is 12.3 Å². The van der Waals surface area contributed by atoms with Gasteiger partial charge in [-0.05, 0) is 102 Å². The van der Waals surface area contributed by atoms with Crippen LogP contribution in [0.25, 0.3) is 0 Å². The van der Waals surface area contributed by atoms with Gasteiger partial charge < -0.3 is 14.9 Å². The third-order valence-corrected chi connectivity index (χ3v) is 8.94. The van der Waals surface area contributed by atoms with Crippen LogP contribution in [0.1, 0.15) is 83.1 Å². The molecule has 0 radical (unpaired) electrons. The zero-order chi connectivity index (χ0) is 27.9. The van der Waals surface area contributed by atoms with Gasteiger partial charge >= 0.3 is 0 Å². The van der Waals surface area contributed by atoms with Crippen molar-refractivity contribution in [1.29, 1.82) is 0 Å². The van der Waals surface area contributed by atoms with Crippen molar-refractivity contribution in [2.75, 3.05) is 44.7 Å². The van der Waals surface area contributed by atoms with Crippen LogP contribution >= 0.6 is 0 Å². The van der Waals surface area contributed by atoms with Gasteiger partial charge in [-0.25, -0.2) is 4.98 Å². The number of aromatic nitrogens is 1. The number of piperidine rings is 1. The van der Waals surface area contributed by atoms with Crippen molar-refractivity contribution in [2.24, 2.45) is 5.92 Å². The average molecular weight is 537 g/mol. The molecule has 0 bridgehead atoms. The monoisotopic (exact) mass is 536 g/mol. The molecule has 3 heterocycles. The minimum Gasteiger partial charge on any atom is -0.483 e. The first-order valence-corrected chi connectivity index (χ1v) is 15.3. The highest BCUT2D eigenvalue weighted by molar-refractivity contribution is 5.39. The Morgan fingerprint density at radius 3 is 2.26 bits per heavy atom. The first kappa shape index (κ1) is 31.1. The highest BCUT2D eigenvalue weighted by atomic mass is 16.3. The van der Waals surface area contributed by atoms with Crippen LogP contribution < -0.4 is 4.90 Å².